The second kappa shape index (κ2) is 8.26. The Balaban J connectivity index is 2.54. The van der Waals surface area contributed by atoms with E-state index in [0.29, 0.717) is 16.7 Å². The van der Waals surface area contributed by atoms with Gasteiger partial charge in [0.2, 0.25) is 11.8 Å². The summed E-state index contributed by atoms with van der Waals surface area (Å²) in [4.78, 5) is 36.1. The van der Waals surface area contributed by atoms with Gasteiger partial charge in [0.05, 0.1) is 12.7 Å². The van der Waals surface area contributed by atoms with Crippen LogP contribution < -0.4 is 10.4 Å². The number of nitrogens with zero attached hydrogens (tertiary/aromatic N) is 1. The molecule has 0 atom stereocenters. The van der Waals surface area contributed by atoms with E-state index in [9.17, 15) is 19.5 Å². The molecule has 0 bridgehead atoms. The molecule has 1 aromatic carbocycles. The Hall–Kier alpha value is -3.13. The van der Waals surface area contributed by atoms with Gasteiger partial charge in [-0.25, -0.2) is 4.79 Å². The second-order valence-corrected chi connectivity index (χ2v) is 7.21. The lowest BCUT2D eigenvalue weighted by Crippen LogP contribution is -2.50. The zero-order chi connectivity index (χ0) is 21.1. The van der Waals surface area contributed by atoms with Crippen molar-refractivity contribution in [1.82, 2.24) is 5.43 Å². The maximum absolute atomic E-state index is 12.8. The molecule has 1 aromatic heterocycles. The van der Waals surface area contributed by atoms with Crippen LogP contribution in [0.1, 0.15) is 43.8 Å². The number of hydrogen-bond acceptors (Lipinski definition) is 6. The molecule has 0 aliphatic rings. The molecule has 150 valence electrons. The number of esters is 1. The molecule has 8 nitrogen and oxygen atoms in total. The first-order chi connectivity index (χ1) is 13.1. The summed E-state index contributed by atoms with van der Waals surface area (Å²) in [6.07, 6.45) is 0. The van der Waals surface area contributed by atoms with Crippen molar-refractivity contribution in [2.24, 2.45) is 5.41 Å². The van der Waals surface area contributed by atoms with Gasteiger partial charge in [-0.15, -0.1) is 0 Å². The van der Waals surface area contributed by atoms with Crippen LogP contribution in [0.15, 0.2) is 34.7 Å². The van der Waals surface area contributed by atoms with Crippen molar-refractivity contribution in [2.45, 2.75) is 34.3 Å². The van der Waals surface area contributed by atoms with Crippen LogP contribution in [0.3, 0.4) is 0 Å². The van der Waals surface area contributed by atoms with Crippen molar-refractivity contribution in [3.8, 4) is 11.1 Å². The number of amides is 2. The lowest BCUT2D eigenvalue weighted by atomic mass is 9.95. The number of hydrazine groups is 1. The van der Waals surface area contributed by atoms with Crippen LogP contribution in [0, 0.1) is 5.41 Å². The Labute approximate surface area is 163 Å². The van der Waals surface area contributed by atoms with Crippen molar-refractivity contribution in [3.05, 3.63) is 41.7 Å². The molecule has 2 rings (SSSR count). The zero-order valence-electron chi connectivity index (χ0n) is 16.5. The summed E-state index contributed by atoms with van der Waals surface area (Å²) >= 11 is 0. The highest BCUT2D eigenvalue weighted by Crippen LogP contribution is 2.33. The topological polar surface area (TPSA) is 109 Å². The summed E-state index contributed by atoms with van der Waals surface area (Å²) < 4.78 is 10.4. The van der Waals surface area contributed by atoms with Crippen LogP contribution in [0.25, 0.3) is 11.1 Å². The highest BCUT2D eigenvalue weighted by atomic mass is 16.5. The Morgan fingerprint density at radius 3 is 2.43 bits per heavy atom. The molecular weight excluding hydrogens is 364 g/mol. The normalized spacial score (nSPS) is 11.1. The van der Waals surface area contributed by atoms with E-state index in [2.05, 4.69) is 5.43 Å². The number of rotatable bonds is 4. The average Bonchev–Trinajstić information content (AvgIpc) is 3.08. The minimum absolute atomic E-state index is 0.0534. The molecule has 28 heavy (non-hydrogen) atoms. The number of furan rings is 1. The average molecular weight is 388 g/mol. The van der Waals surface area contributed by atoms with Gasteiger partial charge in [-0.2, -0.15) is 5.01 Å². The number of methoxy groups -OCH3 is 1. The first-order valence-electron chi connectivity index (χ1n) is 8.62. The molecule has 0 radical (unpaired) electrons. The number of carbonyl (C=O) groups excluding carboxylic acids is 3. The number of hydrogen-bond donors (Lipinski definition) is 2. The minimum Gasteiger partial charge on any atom is -0.465 e. The van der Waals surface area contributed by atoms with E-state index in [1.807, 2.05) is 0 Å². The van der Waals surface area contributed by atoms with E-state index in [4.69, 9.17) is 9.15 Å². The molecule has 0 unspecified atom stereocenters. The van der Waals surface area contributed by atoms with Crippen LogP contribution >= 0.6 is 0 Å². The van der Waals surface area contributed by atoms with Gasteiger partial charge < -0.3 is 14.3 Å². The van der Waals surface area contributed by atoms with Crippen molar-refractivity contribution in [1.29, 1.82) is 0 Å². The number of aliphatic hydroxyl groups excluding tert-OH is 1. The highest BCUT2D eigenvalue weighted by Gasteiger charge is 2.32. The maximum Gasteiger partial charge on any atom is 0.337 e. The van der Waals surface area contributed by atoms with Gasteiger partial charge in [-0.3, -0.25) is 15.0 Å². The molecule has 0 fully saturated rings. The van der Waals surface area contributed by atoms with E-state index < -0.39 is 29.8 Å². The Kier molecular flexibility index (Phi) is 6.25. The molecule has 2 N–H and O–H groups in total. The van der Waals surface area contributed by atoms with Gasteiger partial charge in [0.15, 0.2) is 0 Å². The number of nitrogens with one attached hydrogen (secondary N) is 1. The molecule has 0 aliphatic heterocycles. The number of carbonyl (C=O) groups is 3. The van der Waals surface area contributed by atoms with Crippen LogP contribution in [0.2, 0.25) is 0 Å². The van der Waals surface area contributed by atoms with Crippen LogP contribution in [-0.2, 0) is 20.9 Å². The number of anilines is 1. The Bertz CT molecular complexity index is 894. The molecule has 1 heterocycles. The van der Waals surface area contributed by atoms with Gasteiger partial charge >= 0.3 is 5.97 Å². The van der Waals surface area contributed by atoms with Gasteiger partial charge in [0, 0.05) is 24.0 Å². The smallest absolute Gasteiger partial charge is 0.337 e. The van der Waals surface area contributed by atoms with E-state index in [0.717, 1.165) is 5.01 Å². The van der Waals surface area contributed by atoms with Crippen LogP contribution in [0.5, 0.6) is 0 Å². The first-order valence-corrected chi connectivity index (χ1v) is 8.62. The fourth-order valence-electron chi connectivity index (χ4n) is 2.52. The van der Waals surface area contributed by atoms with Crippen molar-refractivity contribution in [3.63, 3.8) is 0 Å². The van der Waals surface area contributed by atoms with Gasteiger partial charge in [-0.1, -0.05) is 32.9 Å². The molecule has 8 heteroatoms. The third kappa shape index (κ3) is 4.58. The maximum atomic E-state index is 12.8. The van der Waals surface area contributed by atoms with E-state index in [-0.39, 0.29) is 11.6 Å². The fourth-order valence-corrected chi connectivity index (χ4v) is 2.52. The second-order valence-electron chi connectivity index (χ2n) is 7.21. The highest BCUT2D eigenvalue weighted by molar-refractivity contribution is 5.98. The number of aliphatic hydroxyl groups is 1. The van der Waals surface area contributed by atoms with E-state index in [1.165, 1.54) is 20.1 Å². The van der Waals surface area contributed by atoms with Crippen LogP contribution in [-0.4, -0.2) is 30.0 Å². The van der Waals surface area contributed by atoms with Crippen molar-refractivity contribution >= 4 is 23.7 Å². The summed E-state index contributed by atoms with van der Waals surface area (Å²) in [7, 11) is 1.29. The third-order valence-corrected chi connectivity index (χ3v) is 3.87. The molecule has 0 spiro atoms. The van der Waals surface area contributed by atoms with E-state index >= 15 is 0 Å². The summed E-state index contributed by atoms with van der Waals surface area (Å²) in [5, 5.41) is 10.7. The zero-order valence-corrected chi connectivity index (χ0v) is 16.5. The molecule has 0 aliphatic carbocycles. The minimum atomic E-state index is -0.792. The molecule has 0 saturated heterocycles. The Morgan fingerprint density at radius 1 is 1.21 bits per heavy atom. The monoisotopic (exact) mass is 388 g/mol. The SMILES string of the molecule is COC(=O)c1cccc(-c2cc(N(NC(C)=O)C(=O)C(C)(C)C)oc2CO)c1. The molecule has 2 aromatic rings. The standard InChI is InChI=1S/C20H24N2O6/c1-12(24)21-22(19(26)20(2,3)4)17-10-15(16(11-23)28-17)13-7-6-8-14(9-13)18(25)27-5/h6-10,23H,11H2,1-5H3,(H,21,24). The molecule has 0 saturated carbocycles. The predicted molar refractivity (Wildman–Crippen MR) is 102 cm³/mol. The lowest BCUT2D eigenvalue weighted by Gasteiger charge is -2.27. The van der Waals surface area contributed by atoms with Gasteiger partial charge in [0.25, 0.3) is 5.91 Å². The van der Waals surface area contributed by atoms with Crippen LogP contribution in [0.4, 0.5) is 5.88 Å². The number of ether oxygens (including phenoxy) is 1. The lowest BCUT2D eigenvalue weighted by molar-refractivity contribution is -0.130. The summed E-state index contributed by atoms with van der Waals surface area (Å²) in [5.41, 5.74) is 3.07. The van der Waals surface area contributed by atoms with Crippen molar-refractivity contribution in [2.75, 3.05) is 12.1 Å². The first kappa shape index (κ1) is 21.2. The fraction of sp³-hybridized carbons (Fsp3) is 0.350. The van der Waals surface area contributed by atoms with Crippen molar-refractivity contribution < 1.29 is 28.6 Å². The van der Waals surface area contributed by atoms with Gasteiger partial charge in [-0.05, 0) is 17.7 Å². The van der Waals surface area contributed by atoms with Gasteiger partial charge in [0.1, 0.15) is 12.4 Å². The largest absolute Gasteiger partial charge is 0.465 e. The number of benzene rings is 1. The molecular formula is C20H24N2O6. The quantitative estimate of drug-likeness (QED) is 0.616. The molecule has 2 amide bonds. The summed E-state index contributed by atoms with van der Waals surface area (Å²) in [6.45, 7) is 5.97. The Morgan fingerprint density at radius 2 is 1.89 bits per heavy atom. The summed E-state index contributed by atoms with van der Waals surface area (Å²) in [6, 6.07) is 8.12. The van der Waals surface area contributed by atoms with E-state index in [1.54, 1.807) is 45.0 Å². The summed E-state index contributed by atoms with van der Waals surface area (Å²) in [5.74, 6) is -1.10. The third-order valence-electron chi connectivity index (χ3n) is 3.87. The predicted octanol–water partition coefficient (Wildman–Crippen LogP) is 2.66.